The maximum absolute atomic E-state index is 5.86. The lowest BCUT2D eigenvalue weighted by Gasteiger charge is -2.39. The van der Waals surface area contributed by atoms with Crippen LogP contribution in [0.4, 0.5) is 5.82 Å². The molecule has 3 nitrogen and oxygen atoms in total. The summed E-state index contributed by atoms with van der Waals surface area (Å²) in [6.07, 6.45) is 5.12. The Kier molecular flexibility index (Phi) is 4.92. The van der Waals surface area contributed by atoms with Crippen LogP contribution in [0.5, 0.6) is 0 Å². The first-order valence-corrected chi connectivity index (χ1v) is 8.26. The molecule has 2 N–H and O–H groups in total. The minimum atomic E-state index is 0.439. The van der Waals surface area contributed by atoms with Gasteiger partial charge in [-0.15, -0.1) is 0 Å². The van der Waals surface area contributed by atoms with Crippen LogP contribution in [-0.2, 0) is 6.54 Å². The van der Waals surface area contributed by atoms with Crippen LogP contribution >= 0.6 is 0 Å². The van der Waals surface area contributed by atoms with E-state index in [2.05, 4.69) is 51.8 Å². The average Bonchev–Trinajstić information content (AvgIpc) is 2.46. The fourth-order valence-corrected chi connectivity index (χ4v) is 3.15. The Morgan fingerprint density at radius 2 is 1.90 bits per heavy atom. The lowest BCUT2D eigenvalue weighted by atomic mass is 9.75. The number of nitrogens with two attached hydrogens (primary N) is 1. The molecule has 0 amide bonds. The second-order valence-electron chi connectivity index (χ2n) is 7.62. The van der Waals surface area contributed by atoms with Crippen molar-refractivity contribution in [2.75, 3.05) is 11.9 Å². The molecule has 2 rings (SSSR count). The Bertz CT molecular complexity index is 469. The molecule has 1 aromatic rings. The molecule has 21 heavy (non-hydrogen) atoms. The zero-order chi connectivity index (χ0) is 15.6. The molecule has 0 aliphatic heterocycles. The Balaban J connectivity index is 2.18. The number of anilines is 1. The van der Waals surface area contributed by atoms with Gasteiger partial charge in [-0.25, -0.2) is 4.98 Å². The number of aromatic nitrogens is 1. The second kappa shape index (κ2) is 6.35. The Morgan fingerprint density at radius 1 is 1.29 bits per heavy atom. The van der Waals surface area contributed by atoms with Gasteiger partial charge in [-0.1, -0.05) is 27.7 Å². The van der Waals surface area contributed by atoms with E-state index >= 15 is 0 Å². The van der Waals surface area contributed by atoms with Crippen LogP contribution in [0.25, 0.3) is 0 Å². The van der Waals surface area contributed by atoms with Gasteiger partial charge in [0.25, 0.3) is 0 Å². The van der Waals surface area contributed by atoms with Crippen molar-refractivity contribution in [3.63, 3.8) is 0 Å². The van der Waals surface area contributed by atoms with E-state index in [9.17, 15) is 0 Å². The molecule has 0 spiro atoms. The van der Waals surface area contributed by atoms with Gasteiger partial charge in [0.15, 0.2) is 0 Å². The minimum Gasteiger partial charge on any atom is -0.357 e. The quantitative estimate of drug-likeness (QED) is 0.908. The number of nitrogens with zero attached hydrogens (tertiary/aromatic N) is 2. The van der Waals surface area contributed by atoms with Crippen LogP contribution in [-0.4, -0.2) is 18.1 Å². The van der Waals surface area contributed by atoms with Crippen molar-refractivity contribution in [3.8, 4) is 0 Å². The summed E-state index contributed by atoms with van der Waals surface area (Å²) < 4.78 is 0. The molecule has 1 aromatic heterocycles. The smallest absolute Gasteiger partial charge is 0.129 e. The summed E-state index contributed by atoms with van der Waals surface area (Å²) >= 11 is 0. The third-order valence-corrected chi connectivity index (χ3v) is 4.94. The van der Waals surface area contributed by atoms with Gasteiger partial charge in [0, 0.05) is 25.3 Å². The van der Waals surface area contributed by atoms with Crippen LogP contribution in [0.3, 0.4) is 0 Å². The lowest BCUT2D eigenvalue weighted by molar-refractivity contribution is 0.222. The first kappa shape index (κ1) is 16.3. The zero-order valence-corrected chi connectivity index (χ0v) is 14.3. The fraction of sp³-hybridized carbons (Fsp3) is 0.722. The van der Waals surface area contributed by atoms with Gasteiger partial charge in [0.2, 0.25) is 0 Å². The molecule has 1 fully saturated rings. The van der Waals surface area contributed by atoms with Crippen LogP contribution in [0, 0.1) is 5.41 Å². The molecule has 0 aromatic carbocycles. The van der Waals surface area contributed by atoms with Crippen molar-refractivity contribution >= 4 is 5.82 Å². The third kappa shape index (κ3) is 3.97. The molecule has 0 saturated heterocycles. The third-order valence-electron chi connectivity index (χ3n) is 4.94. The monoisotopic (exact) mass is 289 g/mol. The van der Waals surface area contributed by atoms with Gasteiger partial charge in [-0.05, 0) is 54.7 Å². The zero-order valence-electron chi connectivity index (χ0n) is 14.3. The maximum Gasteiger partial charge on any atom is 0.129 e. The van der Waals surface area contributed by atoms with Crippen molar-refractivity contribution in [3.05, 3.63) is 23.4 Å². The van der Waals surface area contributed by atoms with Crippen LogP contribution in [0.15, 0.2) is 12.1 Å². The van der Waals surface area contributed by atoms with Gasteiger partial charge in [0.05, 0.1) is 0 Å². The fourth-order valence-electron chi connectivity index (χ4n) is 3.15. The predicted octanol–water partition coefficient (Wildman–Crippen LogP) is 4.07. The van der Waals surface area contributed by atoms with E-state index in [1.807, 2.05) is 0 Å². The van der Waals surface area contributed by atoms with Gasteiger partial charge in [-0.3, -0.25) is 0 Å². The summed E-state index contributed by atoms with van der Waals surface area (Å²) in [4.78, 5) is 7.24. The normalized spacial score (nSPS) is 19.0. The van der Waals surface area contributed by atoms with Crippen molar-refractivity contribution in [2.45, 2.75) is 71.9 Å². The number of hydrogen-bond donors (Lipinski definition) is 1. The Hall–Kier alpha value is -1.09. The molecule has 1 aliphatic rings. The van der Waals surface area contributed by atoms with E-state index < -0.39 is 0 Å². The van der Waals surface area contributed by atoms with Crippen molar-refractivity contribution < 1.29 is 0 Å². The molecular weight excluding hydrogens is 258 g/mol. The summed E-state index contributed by atoms with van der Waals surface area (Å²) in [7, 11) is 2.19. The molecule has 3 heteroatoms. The summed E-state index contributed by atoms with van der Waals surface area (Å²) in [6, 6.07) is 4.91. The van der Waals surface area contributed by atoms with E-state index in [-0.39, 0.29) is 0 Å². The van der Waals surface area contributed by atoms with E-state index in [0.717, 1.165) is 11.5 Å². The molecule has 0 atom stereocenters. The molecule has 1 saturated carbocycles. The summed E-state index contributed by atoms with van der Waals surface area (Å²) in [5, 5.41) is 0. The largest absolute Gasteiger partial charge is 0.357 e. The minimum absolute atomic E-state index is 0.439. The lowest BCUT2D eigenvalue weighted by Crippen LogP contribution is -2.37. The predicted molar refractivity (Wildman–Crippen MR) is 90.7 cm³/mol. The second-order valence-corrected chi connectivity index (χ2v) is 7.62. The molecule has 0 unspecified atom stereocenters. The number of pyridine rings is 1. The first-order valence-electron chi connectivity index (χ1n) is 8.26. The average molecular weight is 289 g/mol. The summed E-state index contributed by atoms with van der Waals surface area (Å²) in [5.41, 5.74) is 8.70. The van der Waals surface area contributed by atoms with Crippen LogP contribution < -0.4 is 10.6 Å². The van der Waals surface area contributed by atoms with Crippen molar-refractivity contribution in [1.29, 1.82) is 0 Å². The Morgan fingerprint density at radius 3 is 2.43 bits per heavy atom. The summed E-state index contributed by atoms with van der Waals surface area (Å²) in [5.74, 6) is 1.53. The van der Waals surface area contributed by atoms with Crippen LogP contribution in [0.1, 0.15) is 70.6 Å². The number of rotatable bonds is 4. The van der Waals surface area contributed by atoms with Crippen molar-refractivity contribution in [2.24, 2.45) is 11.1 Å². The van der Waals surface area contributed by atoms with E-state index in [1.54, 1.807) is 0 Å². The SMILES string of the molecule is CC(C)c1cc(CN)cc(N(C)C2CCC(C)(C)CC2)n1. The standard InChI is InChI=1S/C18H31N3/c1-13(2)16-10-14(12-19)11-17(20-16)21(5)15-6-8-18(3,4)9-7-15/h10-11,13,15H,6-9,12,19H2,1-5H3. The number of hydrogen-bond acceptors (Lipinski definition) is 3. The summed E-state index contributed by atoms with van der Waals surface area (Å²) in [6.45, 7) is 9.73. The highest BCUT2D eigenvalue weighted by Crippen LogP contribution is 2.37. The highest BCUT2D eigenvalue weighted by Gasteiger charge is 2.29. The highest BCUT2D eigenvalue weighted by molar-refractivity contribution is 5.43. The molecule has 0 bridgehead atoms. The van der Waals surface area contributed by atoms with Crippen molar-refractivity contribution in [1.82, 2.24) is 4.98 Å². The van der Waals surface area contributed by atoms with Crippen LogP contribution in [0.2, 0.25) is 0 Å². The highest BCUT2D eigenvalue weighted by atomic mass is 15.2. The first-order chi connectivity index (χ1) is 9.82. The molecule has 1 aliphatic carbocycles. The van der Waals surface area contributed by atoms with Gasteiger partial charge < -0.3 is 10.6 Å². The van der Waals surface area contributed by atoms with Gasteiger partial charge >= 0.3 is 0 Å². The molecular formula is C18H31N3. The Labute approximate surface area is 129 Å². The molecule has 1 heterocycles. The van der Waals surface area contributed by atoms with Gasteiger partial charge in [-0.2, -0.15) is 0 Å². The molecule has 118 valence electrons. The van der Waals surface area contributed by atoms with E-state index in [0.29, 0.717) is 23.9 Å². The topological polar surface area (TPSA) is 42.1 Å². The molecule has 0 radical (unpaired) electrons. The van der Waals surface area contributed by atoms with Gasteiger partial charge in [0.1, 0.15) is 5.82 Å². The van der Waals surface area contributed by atoms with E-state index in [1.165, 1.54) is 31.2 Å². The van der Waals surface area contributed by atoms with E-state index in [4.69, 9.17) is 10.7 Å². The maximum atomic E-state index is 5.86.